The van der Waals surface area contributed by atoms with Crippen LogP contribution in [0.3, 0.4) is 0 Å². The van der Waals surface area contributed by atoms with Crippen molar-refractivity contribution in [2.75, 3.05) is 6.54 Å². The fraction of sp³-hybridized carbons (Fsp3) is 0.704. The molecule has 2 bridgehead atoms. The Morgan fingerprint density at radius 1 is 1.19 bits per heavy atom. The number of phenolic OH excluding ortho intramolecular Hbond substituents is 1. The summed E-state index contributed by atoms with van der Waals surface area (Å²) in [5.74, 6) is 0.619. The molecular weight excluding hydrogens is 402 g/mol. The number of piperidine rings is 1. The number of esters is 1. The Bertz CT molecular complexity index is 915. The van der Waals surface area contributed by atoms with E-state index >= 15 is 0 Å². The van der Waals surface area contributed by atoms with Crippen LogP contribution in [0.4, 0.5) is 0 Å². The summed E-state index contributed by atoms with van der Waals surface area (Å²) in [7, 11) is 0. The molecule has 4 rings (SSSR count). The van der Waals surface area contributed by atoms with Gasteiger partial charge in [0.15, 0.2) is 0 Å². The first-order valence-corrected chi connectivity index (χ1v) is 12.2. The van der Waals surface area contributed by atoms with Crippen LogP contribution in [0.25, 0.3) is 0 Å². The van der Waals surface area contributed by atoms with Crippen molar-refractivity contribution in [2.45, 2.75) is 97.1 Å². The molecule has 1 saturated carbocycles. The van der Waals surface area contributed by atoms with E-state index in [4.69, 9.17) is 4.74 Å². The summed E-state index contributed by atoms with van der Waals surface area (Å²) in [6.07, 6.45) is 4.50. The Morgan fingerprint density at radius 3 is 2.59 bits per heavy atom. The molecule has 176 valence electrons. The molecule has 0 spiro atoms. The highest BCUT2D eigenvalue weighted by atomic mass is 16.6. The third-order valence-electron chi connectivity index (χ3n) is 8.68. The van der Waals surface area contributed by atoms with Gasteiger partial charge in [0.25, 0.3) is 0 Å². The fourth-order valence-corrected chi connectivity index (χ4v) is 6.53. The maximum Gasteiger partial charge on any atom is 0.306 e. The van der Waals surface area contributed by atoms with E-state index < -0.39 is 5.60 Å². The van der Waals surface area contributed by atoms with Gasteiger partial charge in [0.05, 0.1) is 0 Å². The van der Waals surface area contributed by atoms with Gasteiger partial charge in [0.2, 0.25) is 5.91 Å². The van der Waals surface area contributed by atoms with Crippen molar-refractivity contribution >= 4 is 11.9 Å². The van der Waals surface area contributed by atoms with Gasteiger partial charge < -0.3 is 14.7 Å². The molecule has 1 aromatic rings. The van der Waals surface area contributed by atoms with Gasteiger partial charge in [0, 0.05) is 30.3 Å². The summed E-state index contributed by atoms with van der Waals surface area (Å²) in [4.78, 5) is 28.1. The van der Waals surface area contributed by atoms with E-state index in [2.05, 4.69) is 31.7 Å². The fourth-order valence-electron chi connectivity index (χ4n) is 6.53. The minimum absolute atomic E-state index is 0.0200. The lowest BCUT2D eigenvalue weighted by Crippen LogP contribution is -2.65. The molecule has 0 unspecified atom stereocenters. The van der Waals surface area contributed by atoms with Crippen LogP contribution in [0.1, 0.15) is 84.8 Å². The summed E-state index contributed by atoms with van der Waals surface area (Å²) in [5, 5.41) is 10.6. The smallest absolute Gasteiger partial charge is 0.306 e. The molecule has 0 aromatic heterocycles. The maximum atomic E-state index is 13.7. The van der Waals surface area contributed by atoms with Crippen LogP contribution in [0, 0.1) is 17.3 Å². The van der Waals surface area contributed by atoms with E-state index in [0.717, 1.165) is 37.8 Å². The van der Waals surface area contributed by atoms with Gasteiger partial charge in [-0.05, 0) is 81.4 Å². The first kappa shape index (κ1) is 23.1. The van der Waals surface area contributed by atoms with Crippen LogP contribution in [0.2, 0.25) is 0 Å². The quantitative estimate of drug-likeness (QED) is 0.672. The number of hydrogen-bond donors (Lipinski definition) is 1. The lowest BCUT2D eigenvalue weighted by molar-refractivity contribution is -0.156. The zero-order chi connectivity index (χ0) is 23.5. The largest absolute Gasteiger partial charge is 0.508 e. The summed E-state index contributed by atoms with van der Waals surface area (Å²) in [5.41, 5.74) is 1.61. The van der Waals surface area contributed by atoms with Crippen LogP contribution in [0.5, 0.6) is 5.75 Å². The second-order valence-electron chi connectivity index (χ2n) is 12.0. The number of carbonyl (C=O) groups is 2. The molecule has 1 amide bonds. The van der Waals surface area contributed by atoms with Crippen LogP contribution in [-0.2, 0) is 26.2 Å². The molecule has 1 aromatic carbocycles. The first-order chi connectivity index (χ1) is 14.8. The van der Waals surface area contributed by atoms with Crippen molar-refractivity contribution < 1.29 is 19.4 Å². The molecule has 2 aliphatic carbocycles. The molecule has 1 N–H and O–H groups in total. The van der Waals surface area contributed by atoms with Crippen LogP contribution >= 0.6 is 0 Å². The van der Waals surface area contributed by atoms with Crippen LogP contribution in [0.15, 0.2) is 18.2 Å². The van der Waals surface area contributed by atoms with E-state index in [1.54, 1.807) is 6.07 Å². The number of nitrogens with zero attached hydrogens (tertiary/aromatic N) is 1. The number of aromatic hydroxyl groups is 1. The predicted molar refractivity (Wildman–Crippen MR) is 124 cm³/mol. The predicted octanol–water partition coefficient (Wildman–Crippen LogP) is 4.98. The Morgan fingerprint density at radius 2 is 1.91 bits per heavy atom. The van der Waals surface area contributed by atoms with E-state index in [1.165, 1.54) is 5.56 Å². The maximum absolute atomic E-state index is 13.7. The molecule has 3 aliphatic rings. The number of fused-ring (bicyclic) bond motifs is 4. The van der Waals surface area contributed by atoms with Crippen molar-refractivity contribution in [3.8, 4) is 5.75 Å². The Kier molecular flexibility index (Phi) is 5.62. The van der Waals surface area contributed by atoms with E-state index in [-0.39, 0.29) is 40.6 Å². The molecule has 32 heavy (non-hydrogen) atoms. The molecule has 2 fully saturated rings. The van der Waals surface area contributed by atoms with Crippen molar-refractivity contribution in [1.82, 2.24) is 4.90 Å². The number of carbonyl (C=O) groups excluding carboxylic acids is 2. The number of ether oxygens (including phenoxy) is 1. The van der Waals surface area contributed by atoms with Gasteiger partial charge in [-0.2, -0.15) is 0 Å². The number of rotatable bonds is 3. The summed E-state index contributed by atoms with van der Waals surface area (Å²) < 4.78 is 5.49. The Hall–Kier alpha value is -2.04. The van der Waals surface area contributed by atoms with E-state index in [0.29, 0.717) is 18.6 Å². The standard InChI is InChI=1S/C27H39NO4/c1-25(2,3)32-23(30)15-17-10-11-18(14-17)24(31)28-13-12-27(6)20-8-7-9-21(29)19(20)16-22(28)26(27,4)5/h7-9,17-18,22,29H,10-16H2,1-6H3/t17-,18-,22-,27+/m1/s1. The van der Waals surface area contributed by atoms with Crippen molar-refractivity contribution in [2.24, 2.45) is 17.3 Å². The molecule has 1 saturated heterocycles. The Labute approximate surface area is 192 Å². The van der Waals surface area contributed by atoms with Gasteiger partial charge in [-0.25, -0.2) is 0 Å². The number of likely N-dealkylation sites (tertiary alicyclic amines) is 1. The topological polar surface area (TPSA) is 66.8 Å². The molecule has 1 aliphatic heterocycles. The lowest BCUT2D eigenvalue weighted by atomic mass is 9.51. The van der Waals surface area contributed by atoms with Gasteiger partial charge in [-0.1, -0.05) is 32.9 Å². The van der Waals surface area contributed by atoms with Crippen LogP contribution < -0.4 is 0 Å². The number of benzene rings is 1. The average Bonchev–Trinajstić information content (AvgIpc) is 3.11. The zero-order valence-electron chi connectivity index (χ0n) is 20.5. The molecular formula is C27H39NO4. The minimum Gasteiger partial charge on any atom is -0.508 e. The summed E-state index contributed by atoms with van der Waals surface area (Å²) >= 11 is 0. The normalized spacial score (nSPS) is 31.2. The highest BCUT2D eigenvalue weighted by molar-refractivity contribution is 5.80. The third-order valence-corrected chi connectivity index (χ3v) is 8.68. The van der Waals surface area contributed by atoms with Crippen molar-refractivity contribution in [3.05, 3.63) is 29.3 Å². The lowest BCUT2D eigenvalue weighted by Gasteiger charge is -2.61. The third kappa shape index (κ3) is 3.82. The van der Waals surface area contributed by atoms with Gasteiger partial charge in [0.1, 0.15) is 11.4 Å². The first-order valence-electron chi connectivity index (χ1n) is 12.2. The summed E-state index contributed by atoms with van der Waals surface area (Å²) in [6.45, 7) is 13.3. The van der Waals surface area contributed by atoms with Crippen molar-refractivity contribution in [1.29, 1.82) is 0 Å². The molecule has 5 heteroatoms. The highest BCUT2D eigenvalue weighted by Gasteiger charge is 2.57. The molecule has 5 nitrogen and oxygen atoms in total. The number of hydrogen-bond acceptors (Lipinski definition) is 4. The van der Waals surface area contributed by atoms with E-state index in [1.807, 2.05) is 26.8 Å². The average molecular weight is 442 g/mol. The highest BCUT2D eigenvalue weighted by Crippen LogP contribution is 2.57. The summed E-state index contributed by atoms with van der Waals surface area (Å²) in [6, 6.07) is 5.93. The van der Waals surface area contributed by atoms with E-state index in [9.17, 15) is 14.7 Å². The minimum atomic E-state index is -0.472. The van der Waals surface area contributed by atoms with Crippen LogP contribution in [-0.4, -0.2) is 40.1 Å². The zero-order valence-corrected chi connectivity index (χ0v) is 20.5. The Balaban J connectivity index is 1.49. The molecule has 1 heterocycles. The number of phenols is 1. The SMILES string of the molecule is CC(C)(C)OC(=O)C[C@@H]1CC[C@@H](C(=O)N2CC[C@@]3(C)c4cccc(O)c4C[C@@H]2C3(C)C)C1. The van der Waals surface area contributed by atoms with Gasteiger partial charge in [-0.15, -0.1) is 0 Å². The molecule has 0 radical (unpaired) electrons. The van der Waals surface area contributed by atoms with Gasteiger partial charge in [-0.3, -0.25) is 9.59 Å². The second kappa shape index (κ2) is 7.78. The van der Waals surface area contributed by atoms with Crippen molar-refractivity contribution in [3.63, 3.8) is 0 Å². The molecule has 4 atom stereocenters. The second-order valence-corrected chi connectivity index (χ2v) is 12.0. The van der Waals surface area contributed by atoms with Gasteiger partial charge >= 0.3 is 5.97 Å². The number of amides is 1. The monoisotopic (exact) mass is 441 g/mol.